The lowest BCUT2D eigenvalue weighted by atomic mass is 9.95. The Morgan fingerprint density at radius 3 is 2.35 bits per heavy atom. The van der Waals surface area contributed by atoms with Crippen molar-refractivity contribution >= 4 is 17.5 Å². The van der Waals surface area contributed by atoms with Gasteiger partial charge < -0.3 is 10.2 Å². The van der Waals surface area contributed by atoms with Gasteiger partial charge in [0, 0.05) is 24.7 Å². The predicted molar refractivity (Wildman–Crippen MR) is 121 cm³/mol. The molecule has 3 aromatic rings. The summed E-state index contributed by atoms with van der Waals surface area (Å²) in [6.07, 6.45) is 3.72. The fraction of sp³-hybridized carbons (Fsp3) is 0.320. The number of anilines is 1. The highest BCUT2D eigenvalue weighted by Gasteiger charge is 2.29. The van der Waals surface area contributed by atoms with Crippen LogP contribution in [0.2, 0.25) is 0 Å². The molecule has 6 heteroatoms. The molecule has 1 aromatic heterocycles. The number of rotatable bonds is 5. The highest BCUT2D eigenvalue weighted by atomic mass is 16.2. The van der Waals surface area contributed by atoms with E-state index in [1.807, 2.05) is 78.0 Å². The van der Waals surface area contributed by atoms with E-state index in [1.165, 1.54) is 5.56 Å². The number of aromatic nitrogens is 2. The number of para-hydroxylation sites is 1. The number of amides is 2. The number of hydrogen-bond acceptors (Lipinski definition) is 3. The molecule has 0 radical (unpaired) electrons. The minimum Gasteiger partial charge on any atom is -0.338 e. The van der Waals surface area contributed by atoms with Crippen molar-refractivity contribution < 1.29 is 9.59 Å². The molecule has 1 fully saturated rings. The maximum atomic E-state index is 13.2. The summed E-state index contributed by atoms with van der Waals surface area (Å²) >= 11 is 0. The molecule has 2 amide bonds. The first-order valence-electron chi connectivity index (χ1n) is 10.9. The first kappa shape index (κ1) is 20.8. The first-order valence-corrected chi connectivity index (χ1v) is 10.9. The molecular formula is C25H28N4O2. The Kier molecular flexibility index (Phi) is 6.16. The van der Waals surface area contributed by atoms with Gasteiger partial charge in [0.1, 0.15) is 0 Å². The van der Waals surface area contributed by atoms with Crippen molar-refractivity contribution in [2.75, 3.05) is 18.4 Å². The lowest BCUT2D eigenvalue weighted by Crippen LogP contribution is -2.41. The van der Waals surface area contributed by atoms with Gasteiger partial charge in [0.25, 0.3) is 5.91 Å². The zero-order valence-corrected chi connectivity index (χ0v) is 18.0. The van der Waals surface area contributed by atoms with Gasteiger partial charge in [-0.15, -0.1) is 0 Å². The van der Waals surface area contributed by atoms with Crippen LogP contribution in [0.4, 0.5) is 5.69 Å². The fourth-order valence-corrected chi connectivity index (χ4v) is 4.08. The minimum absolute atomic E-state index is 0.00266. The number of likely N-dealkylation sites (tertiary alicyclic amines) is 1. The Morgan fingerprint density at radius 2 is 1.71 bits per heavy atom. The molecule has 6 nitrogen and oxygen atoms in total. The van der Waals surface area contributed by atoms with Crippen LogP contribution in [0.1, 0.15) is 41.4 Å². The van der Waals surface area contributed by atoms with Crippen molar-refractivity contribution in [2.45, 2.75) is 33.1 Å². The standard InChI is InChI=1S/C25H28N4O2/c1-3-23-22(17-26-29(23)21-11-9-18(2)10-12-21)25(31)28-15-13-19(14-16-28)24(30)27-20-7-5-4-6-8-20/h4-12,17,19H,3,13-16H2,1-2H3,(H,27,30). The number of nitrogens with zero attached hydrogens (tertiary/aromatic N) is 3. The maximum Gasteiger partial charge on any atom is 0.257 e. The predicted octanol–water partition coefficient (Wildman–Crippen LogP) is 4.23. The van der Waals surface area contributed by atoms with Crippen LogP contribution in [0.3, 0.4) is 0 Å². The fourth-order valence-electron chi connectivity index (χ4n) is 4.08. The smallest absolute Gasteiger partial charge is 0.257 e. The third kappa shape index (κ3) is 4.53. The molecule has 1 aliphatic rings. The van der Waals surface area contributed by atoms with Crippen LogP contribution in [0, 0.1) is 12.8 Å². The Hall–Kier alpha value is -3.41. The van der Waals surface area contributed by atoms with E-state index in [9.17, 15) is 9.59 Å². The zero-order valence-electron chi connectivity index (χ0n) is 18.0. The van der Waals surface area contributed by atoms with Crippen molar-refractivity contribution in [1.29, 1.82) is 0 Å². The molecule has 4 rings (SSSR count). The third-order valence-electron chi connectivity index (χ3n) is 5.91. The molecule has 1 aliphatic heterocycles. The molecule has 2 aromatic carbocycles. The quantitative estimate of drug-likeness (QED) is 0.677. The molecule has 0 unspecified atom stereocenters. The number of carbonyl (C=O) groups excluding carboxylic acids is 2. The van der Waals surface area contributed by atoms with Crippen molar-refractivity contribution in [2.24, 2.45) is 5.92 Å². The summed E-state index contributed by atoms with van der Waals surface area (Å²) < 4.78 is 1.85. The minimum atomic E-state index is -0.0785. The molecule has 160 valence electrons. The van der Waals surface area contributed by atoms with Crippen LogP contribution >= 0.6 is 0 Å². The van der Waals surface area contributed by atoms with Gasteiger partial charge in [-0.2, -0.15) is 5.10 Å². The average molecular weight is 417 g/mol. The first-order chi connectivity index (χ1) is 15.1. The SMILES string of the molecule is CCc1c(C(=O)N2CCC(C(=O)Nc3ccccc3)CC2)cnn1-c1ccc(C)cc1. The van der Waals surface area contributed by atoms with Gasteiger partial charge in [-0.05, 0) is 50.5 Å². The molecule has 0 aliphatic carbocycles. The van der Waals surface area contributed by atoms with E-state index in [0.29, 0.717) is 37.9 Å². The summed E-state index contributed by atoms with van der Waals surface area (Å²) in [6, 6.07) is 17.6. The number of aryl methyl sites for hydroxylation is 1. The van der Waals surface area contributed by atoms with Crippen LogP contribution in [-0.4, -0.2) is 39.6 Å². The molecule has 0 atom stereocenters. The number of hydrogen-bond donors (Lipinski definition) is 1. The summed E-state index contributed by atoms with van der Waals surface area (Å²) in [5.74, 6) is -0.0537. The van der Waals surface area contributed by atoms with Crippen molar-refractivity contribution in [3.63, 3.8) is 0 Å². The van der Waals surface area contributed by atoms with Crippen molar-refractivity contribution in [3.8, 4) is 5.69 Å². The summed E-state index contributed by atoms with van der Waals surface area (Å²) in [4.78, 5) is 27.6. The van der Waals surface area contributed by atoms with E-state index in [2.05, 4.69) is 10.4 Å². The zero-order chi connectivity index (χ0) is 21.8. The van der Waals surface area contributed by atoms with E-state index >= 15 is 0 Å². The second-order valence-electron chi connectivity index (χ2n) is 8.03. The van der Waals surface area contributed by atoms with Crippen LogP contribution in [0.25, 0.3) is 5.69 Å². The Morgan fingerprint density at radius 1 is 1.03 bits per heavy atom. The van der Waals surface area contributed by atoms with E-state index in [4.69, 9.17) is 0 Å². The Balaban J connectivity index is 1.42. The summed E-state index contributed by atoms with van der Waals surface area (Å²) in [5.41, 5.74) is 4.51. The average Bonchev–Trinajstić information content (AvgIpc) is 3.24. The molecule has 2 heterocycles. The van der Waals surface area contributed by atoms with Crippen LogP contribution in [0.5, 0.6) is 0 Å². The van der Waals surface area contributed by atoms with Crippen molar-refractivity contribution in [3.05, 3.63) is 77.6 Å². The third-order valence-corrected chi connectivity index (χ3v) is 5.91. The van der Waals surface area contributed by atoms with Gasteiger partial charge in [-0.1, -0.05) is 42.8 Å². The highest BCUT2D eigenvalue weighted by Crippen LogP contribution is 2.23. The van der Waals surface area contributed by atoms with E-state index in [0.717, 1.165) is 17.1 Å². The van der Waals surface area contributed by atoms with E-state index < -0.39 is 0 Å². The monoisotopic (exact) mass is 416 g/mol. The number of carbonyl (C=O) groups is 2. The normalized spacial score (nSPS) is 14.5. The van der Waals surface area contributed by atoms with Gasteiger partial charge in [0.15, 0.2) is 0 Å². The van der Waals surface area contributed by atoms with Gasteiger partial charge in [0.2, 0.25) is 5.91 Å². The number of nitrogens with one attached hydrogen (secondary N) is 1. The summed E-state index contributed by atoms with van der Waals surface area (Å²) in [5, 5.41) is 7.47. The van der Waals surface area contributed by atoms with Gasteiger partial charge >= 0.3 is 0 Å². The van der Waals surface area contributed by atoms with Crippen LogP contribution in [0.15, 0.2) is 60.8 Å². The molecule has 31 heavy (non-hydrogen) atoms. The lowest BCUT2D eigenvalue weighted by molar-refractivity contribution is -0.121. The summed E-state index contributed by atoms with van der Waals surface area (Å²) in [7, 11) is 0. The molecule has 0 bridgehead atoms. The molecule has 1 N–H and O–H groups in total. The van der Waals surface area contributed by atoms with Crippen molar-refractivity contribution in [1.82, 2.24) is 14.7 Å². The highest BCUT2D eigenvalue weighted by molar-refractivity contribution is 5.96. The Labute approximate surface area is 182 Å². The van der Waals surface area contributed by atoms with E-state index in [-0.39, 0.29) is 17.7 Å². The number of piperidine rings is 1. The molecule has 0 spiro atoms. The summed E-state index contributed by atoms with van der Waals surface area (Å²) in [6.45, 7) is 5.24. The lowest BCUT2D eigenvalue weighted by Gasteiger charge is -2.31. The second-order valence-corrected chi connectivity index (χ2v) is 8.03. The van der Waals surface area contributed by atoms with Gasteiger partial charge in [-0.25, -0.2) is 4.68 Å². The topological polar surface area (TPSA) is 67.2 Å². The van der Waals surface area contributed by atoms with E-state index in [1.54, 1.807) is 6.20 Å². The molecule has 1 saturated heterocycles. The number of benzene rings is 2. The van der Waals surface area contributed by atoms with Crippen LogP contribution < -0.4 is 5.32 Å². The maximum absolute atomic E-state index is 13.2. The van der Waals surface area contributed by atoms with Gasteiger partial charge in [-0.3, -0.25) is 9.59 Å². The van der Waals surface area contributed by atoms with Crippen LogP contribution in [-0.2, 0) is 11.2 Å². The molecular weight excluding hydrogens is 388 g/mol. The molecule has 0 saturated carbocycles. The largest absolute Gasteiger partial charge is 0.338 e. The van der Waals surface area contributed by atoms with Gasteiger partial charge in [0.05, 0.1) is 23.1 Å². The Bertz CT molecular complexity index is 1050. The second kappa shape index (κ2) is 9.16.